The second-order valence-corrected chi connectivity index (χ2v) is 8.29. The topological polar surface area (TPSA) is 32.3 Å². The number of rotatable bonds is 5. The van der Waals surface area contributed by atoms with Gasteiger partial charge in [0, 0.05) is 11.1 Å². The number of benzene rings is 2. The van der Waals surface area contributed by atoms with Gasteiger partial charge in [0.2, 0.25) is 0 Å². The van der Waals surface area contributed by atoms with Crippen LogP contribution in [-0.4, -0.2) is 30.4 Å². The van der Waals surface area contributed by atoms with Gasteiger partial charge in [-0.25, -0.2) is 0 Å². The molecule has 1 N–H and O–H groups in total. The summed E-state index contributed by atoms with van der Waals surface area (Å²) in [5.74, 6) is 0.0318. The third-order valence-electron chi connectivity index (χ3n) is 6.29. The monoisotopic (exact) mass is 364 g/mol. The van der Waals surface area contributed by atoms with E-state index < -0.39 is 0 Å². The zero-order valence-corrected chi connectivity index (χ0v) is 17.3. The van der Waals surface area contributed by atoms with Crippen molar-refractivity contribution in [3.63, 3.8) is 0 Å². The molecule has 2 aromatic rings. The Bertz CT molecular complexity index is 781. The Labute approximate surface area is 163 Å². The molecule has 1 fully saturated rings. The number of aryl methyl sites for hydroxylation is 3. The largest absolute Gasteiger partial charge is 0.343 e. The lowest BCUT2D eigenvalue weighted by Crippen LogP contribution is -2.53. The lowest BCUT2D eigenvalue weighted by molar-refractivity contribution is 0.0765. The van der Waals surface area contributed by atoms with Gasteiger partial charge in [0.05, 0.1) is 6.04 Å². The Kier molecular flexibility index (Phi) is 5.71. The van der Waals surface area contributed by atoms with E-state index in [0.29, 0.717) is 0 Å². The van der Waals surface area contributed by atoms with Gasteiger partial charge in [-0.2, -0.15) is 0 Å². The Balaban J connectivity index is 2.02. The van der Waals surface area contributed by atoms with E-state index in [2.05, 4.69) is 55.5 Å². The van der Waals surface area contributed by atoms with Gasteiger partial charge in [-0.1, -0.05) is 60.9 Å². The van der Waals surface area contributed by atoms with Gasteiger partial charge in [0.1, 0.15) is 0 Å². The molecule has 3 rings (SSSR count). The van der Waals surface area contributed by atoms with Crippen molar-refractivity contribution >= 4 is 5.91 Å². The fourth-order valence-electron chi connectivity index (χ4n) is 4.64. The van der Waals surface area contributed by atoms with Gasteiger partial charge < -0.3 is 10.2 Å². The molecular formula is C24H32N2O. The van der Waals surface area contributed by atoms with Crippen LogP contribution in [0.15, 0.2) is 42.5 Å². The summed E-state index contributed by atoms with van der Waals surface area (Å²) in [5.41, 5.74) is 5.25. The average molecular weight is 365 g/mol. The minimum Gasteiger partial charge on any atom is -0.343 e. The smallest absolute Gasteiger partial charge is 0.252 e. The Morgan fingerprint density at radius 2 is 1.52 bits per heavy atom. The first-order chi connectivity index (χ1) is 12.8. The van der Waals surface area contributed by atoms with E-state index in [4.69, 9.17) is 0 Å². The van der Waals surface area contributed by atoms with Crippen LogP contribution in [0.3, 0.4) is 0 Å². The number of nitrogens with one attached hydrogen (secondary N) is 1. The van der Waals surface area contributed by atoms with Crippen molar-refractivity contribution in [2.24, 2.45) is 0 Å². The molecule has 27 heavy (non-hydrogen) atoms. The van der Waals surface area contributed by atoms with Crippen LogP contribution in [0.4, 0.5) is 0 Å². The number of hydrogen-bond acceptors (Lipinski definition) is 2. The van der Waals surface area contributed by atoms with Crippen molar-refractivity contribution in [3.8, 4) is 0 Å². The lowest BCUT2D eigenvalue weighted by atomic mass is 9.82. The maximum Gasteiger partial charge on any atom is 0.252 e. The fourth-order valence-corrected chi connectivity index (χ4v) is 4.64. The molecule has 1 amide bonds. The van der Waals surface area contributed by atoms with Crippen LogP contribution in [0.1, 0.15) is 64.3 Å². The van der Waals surface area contributed by atoms with Gasteiger partial charge in [-0.15, -0.1) is 0 Å². The number of hydrogen-bond donors (Lipinski definition) is 1. The summed E-state index contributed by atoms with van der Waals surface area (Å²) in [6.07, 6.45) is 4.62. The van der Waals surface area contributed by atoms with Gasteiger partial charge in [-0.3, -0.25) is 4.79 Å². The Morgan fingerprint density at radius 1 is 0.963 bits per heavy atom. The van der Waals surface area contributed by atoms with E-state index in [-0.39, 0.29) is 17.5 Å². The predicted molar refractivity (Wildman–Crippen MR) is 112 cm³/mol. The first-order valence-corrected chi connectivity index (χ1v) is 9.96. The van der Waals surface area contributed by atoms with Crippen molar-refractivity contribution in [1.82, 2.24) is 10.2 Å². The molecule has 0 heterocycles. The minimum atomic E-state index is -0.0402. The molecule has 1 unspecified atom stereocenters. The second-order valence-electron chi connectivity index (χ2n) is 8.29. The molecule has 1 aliphatic rings. The van der Waals surface area contributed by atoms with Crippen molar-refractivity contribution in [1.29, 1.82) is 0 Å². The highest BCUT2D eigenvalue weighted by atomic mass is 16.1. The molecule has 0 spiro atoms. The van der Waals surface area contributed by atoms with Crippen LogP contribution < -0.4 is 5.32 Å². The highest BCUT2D eigenvalue weighted by Crippen LogP contribution is 2.43. The summed E-state index contributed by atoms with van der Waals surface area (Å²) in [5, 5.41) is 3.43. The summed E-state index contributed by atoms with van der Waals surface area (Å²) in [4.78, 5) is 15.7. The lowest BCUT2D eigenvalue weighted by Gasteiger charge is -2.44. The van der Waals surface area contributed by atoms with E-state index >= 15 is 0 Å². The molecule has 0 aliphatic heterocycles. The van der Waals surface area contributed by atoms with E-state index in [0.717, 1.165) is 29.5 Å². The minimum absolute atomic E-state index is 0.0258. The van der Waals surface area contributed by atoms with Crippen molar-refractivity contribution in [3.05, 3.63) is 70.3 Å². The maximum atomic E-state index is 13.3. The molecule has 3 nitrogen and oxygen atoms in total. The molecule has 3 heteroatoms. The fraction of sp³-hybridized carbons (Fsp3) is 0.458. The van der Waals surface area contributed by atoms with Gasteiger partial charge in [0.15, 0.2) is 0 Å². The second kappa shape index (κ2) is 7.85. The van der Waals surface area contributed by atoms with Crippen LogP contribution in [0.2, 0.25) is 0 Å². The number of carbonyl (C=O) groups excluding carboxylic acids is 1. The zero-order chi connectivity index (χ0) is 19.6. The molecule has 2 aromatic carbocycles. The molecule has 144 valence electrons. The number of nitrogens with zero attached hydrogens (tertiary/aromatic N) is 1. The molecule has 1 saturated carbocycles. The summed E-state index contributed by atoms with van der Waals surface area (Å²) < 4.78 is 0. The zero-order valence-electron chi connectivity index (χ0n) is 17.3. The maximum absolute atomic E-state index is 13.3. The molecule has 0 bridgehead atoms. The predicted octanol–water partition coefficient (Wildman–Crippen LogP) is 4.96. The van der Waals surface area contributed by atoms with E-state index in [1.807, 2.05) is 32.0 Å². The third kappa shape index (κ3) is 3.79. The standard InChI is InChI=1S/C24H32N2O/c1-17-11-13-20(14-12-17)22(24(26(4)5)15-6-7-16-24)25-23(27)21-18(2)9-8-10-19(21)3/h8-14,22H,6-7,15-16H2,1-5H3,(H,25,27). The van der Waals surface area contributed by atoms with Crippen LogP contribution >= 0.6 is 0 Å². The van der Waals surface area contributed by atoms with E-state index in [9.17, 15) is 4.79 Å². The summed E-state index contributed by atoms with van der Waals surface area (Å²) in [7, 11) is 4.30. The van der Waals surface area contributed by atoms with Crippen LogP contribution in [0.5, 0.6) is 0 Å². The van der Waals surface area contributed by atoms with Gasteiger partial charge in [0.25, 0.3) is 5.91 Å². The van der Waals surface area contributed by atoms with Gasteiger partial charge in [-0.05, 0) is 64.4 Å². The first kappa shape index (κ1) is 19.6. The normalized spacial score (nSPS) is 17.1. The van der Waals surface area contributed by atoms with E-state index in [1.165, 1.54) is 24.0 Å². The summed E-state index contributed by atoms with van der Waals surface area (Å²) in [6.45, 7) is 6.13. The number of carbonyl (C=O) groups is 1. The number of likely N-dealkylation sites (N-methyl/N-ethyl adjacent to an activating group) is 1. The van der Waals surface area contributed by atoms with E-state index in [1.54, 1.807) is 0 Å². The SMILES string of the molecule is Cc1ccc(C(NC(=O)c2c(C)cccc2C)C2(N(C)C)CCCC2)cc1. The summed E-state index contributed by atoms with van der Waals surface area (Å²) >= 11 is 0. The van der Waals surface area contributed by atoms with Crippen LogP contribution in [0, 0.1) is 20.8 Å². The molecular weight excluding hydrogens is 332 g/mol. The van der Waals surface area contributed by atoms with Crippen molar-refractivity contribution < 1.29 is 4.79 Å². The molecule has 1 aliphatic carbocycles. The quantitative estimate of drug-likeness (QED) is 0.813. The van der Waals surface area contributed by atoms with Gasteiger partial charge >= 0.3 is 0 Å². The highest BCUT2D eigenvalue weighted by Gasteiger charge is 2.44. The molecule has 0 aromatic heterocycles. The Morgan fingerprint density at radius 3 is 2.04 bits per heavy atom. The van der Waals surface area contributed by atoms with Crippen LogP contribution in [0.25, 0.3) is 0 Å². The molecule has 0 radical (unpaired) electrons. The van der Waals surface area contributed by atoms with Crippen molar-refractivity contribution in [2.45, 2.75) is 58.0 Å². The first-order valence-electron chi connectivity index (χ1n) is 9.96. The molecule has 1 atom stereocenters. The highest BCUT2D eigenvalue weighted by molar-refractivity contribution is 5.97. The average Bonchev–Trinajstić information content (AvgIpc) is 3.11. The summed E-state index contributed by atoms with van der Waals surface area (Å²) in [6, 6.07) is 14.7. The Hall–Kier alpha value is -2.13. The number of amides is 1. The molecule has 0 saturated heterocycles. The van der Waals surface area contributed by atoms with Crippen LogP contribution in [-0.2, 0) is 0 Å². The van der Waals surface area contributed by atoms with Crippen molar-refractivity contribution in [2.75, 3.05) is 14.1 Å². The third-order valence-corrected chi connectivity index (χ3v) is 6.29.